The van der Waals surface area contributed by atoms with Gasteiger partial charge in [-0.2, -0.15) is 11.8 Å². The molecule has 0 aliphatic carbocycles. The number of carbonyl (C=O) groups is 1. The van der Waals surface area contributed by atoms with Gasteiger partial charge in [0.1, 0.15) is 0 Å². The van der Waals surface area contributed by atoms with Crippen LogP contribution < -0.4 is 5.32 Å². The number of thioether (sulfide) groups is 1. The zero-order valence-corrected chi connectivity index (χ0v) is 11.4. The Hall–Kier alpha value is -0.220. The van der Waals surface area contributed by atoms with Gasteiger partial charge in [-0.25, -0.2) is 0 Å². The summed E-state index contributed by atoms with van der Waals surface area (Å²) >= 11 is 1.58. The molecule has 0 aromatic heterocycles. The molecule has 0 spiro atoms. The predicted molar refractivity (Wildman–Crippen MR) is 68.4 cm³/mol. The van der Waals surface area contributed by atoms with Crippen LogP contribution in [-0.2, 0) is 4.79 Å². The summed E-state index contributed by atoms with van der Waals surface area (Å²) in [4.78, 5) is 13.7. The molecule has 3 nitrogen and oxygen atoms in total. The number of nitrogens with zero attached hydrogens (tertiary/aromatic N) is 1. The lowest BCUT2D eigenvalue weighted by Crippen LogP contribution is -2.39. The van der Waals surface area contributed by atoms with Crippen molar-refractivity contribution in [3.63, 3.8) is 0 Å². The zero-order valence-electron chi connectivity index (χ0n) is 10.5. The average Bonchev–Trinajstić information content (AvgIpc) is 2.26. The summed E-state index contributed by atoms with van der Waals surface area (Å²) < 4.78 is 0. The van der Waals surface area contributed by atoms with Crippen molar-refractivity contribution in [2.75, 3.05) is 26.4 Å². The Kier molecular flexibility index (Phi) is 7.88. The standard InChI is InChI=1S/C11H24N2OS/c1-6-9(2)13(4)8-7-12-11(14)10(3)15-5/h9-10H,6-8H2,1-5H3,(H,12,14)/t9-,10-/m1/s1. The lowest BCUT2D eigenvalue weighted by Gasteiger charge is -2.23. The van der Waals surface area contributed by atoms with Crippen molar-refractivity contribution < 1.29 is 4.79 Å². The second-order valence-corrected chi connectivity index (χ2v) is 5.09. The van der Waals surface area contributed by atoms with Gasteiger partial charge in [0.2, 0.25) is 5.91 Å². The van der Waals surface area contributed by atoms with E-state index in [1.54, 1.807) is 11.8 Å². The van der Waals surface area contributed by atoms with Crippen molar-refractivity contribution in [2.45, 2.75) is 38.5 Å². The molecule has 1 N–H and O–H groups in total. The molecule has 2 atom stereocenters. The first-order valence-corrected chi connectivity index (χ1v) is 6.82. The number of hydrogen-bond acceptors (Lipinski definition) is 3. The number of rotatable bonds is 7. The van der Waals surface area contributed by atoms with Crippen molar-refractivity contribution in [3.05, 3.63) is 0 Å². The molecule has 90 valence electrons. The van der Waals surface area contributed by atoms with Gasteiger partial charge in [-0.1, -0.05) is 6.92 Å². The lowest BCUT2D eigenvalue weighted by molar-refractivity contribution is -0.120. The summed E-state index contributed by atoms with van der Waals surface area (Å²) in [5, 5.41) is 3.00. The number of likely N-dealkylation sites (N-methyl/N-ethyl adjacent to an activating group) is 1. The summed E-state index contributed by atoms with van der Waals surface area (Å²) in [5.74, 6) is 0.139. The van der Waals surface area contributed by atoms with Crippen LogP contribution in [0.2, 0.25) is 0 Å². The normalized spacial score (nSPS) is 15.1. The molecule has 15 heavy (non-hydrogen) atoms. The molecule has 1 amide bonds. The van der Waals surface area contributed by atoms with E-state index in [2.05, 4.69) is 31.1 Å². The topological polar surface area (TPSA) is 32.3 Å². The maximum absolute atomic E-state index is 11.4. The predicted octanol–water partition coefficient (Wildman–Crippen LogP) is 1.58. The third-order valence-electron chi connectivity index (χ3n) is 2.83. The van der Waals surface area contributed by atoms with Gasteiger partial charge < -0.3 is 10.2 Å². The summed E-state index contributed by atoms with van der Waals surface area (Å²) in [7, 11) is 2.10. The zero-order chi connectivity index (χ0) is 11.8. The van der Waals surface area contributed by atoms with Gasteiger partial charge in [-0.3, -0.25) is 4.79 Å². The Morgan fingerprint density at radius 3 is 2.53 bits per heavy atom. The largest absolute Gasteiger partial charge is 0.354 e. The monoisotopic (exact) mass is 232 g/mol. The van der Waals surface area contributed by atoms with Crippen LogP contribution in [0.5, 0.6) is 0 Å². The smallest absolute Gasteiger partial charge is 0.232 e. The Balaban J connectivity index is 3.65. The molecule has 0 rings (SSSR count). The fourth-order valence-corrected chi connectivity index (χ4v) is 1.44. The van der Waals surface area contributed by atoms with Gasteiger partial charge in [0.05, 0.1) is 5.25 Å². The summed E-state index contributed by atoms with van der Waals surface area (Å²) in [6.07, 6.45) is 3.10. The highest BCUT2D eigenvalue weighted by atomic mass is 32.2. The van der Waals surface area contributed by atoms with Crippen LogP contribution in [0, 0.1) is 0 Å². The third kappa shape index (κ3) is 6.05. The van der Waals surface area contributed by atoms with Crippen LogP contribution in [-0.4, -0.2) is 48.5 Å². The molecule has 0 aliphatic rings. The minimum absolute atomic E-state index is 0.0545. The number of nitrogens with one attached hydrogen (secondary N) is 1. The third-order valence-corrected chi connectivity index (χ3v) is 3.75. The van der Waals surface area contributed by atoms with Crippen molar-refractivity contribution in [1.29, 1.82) is 0 Å². The van der Waals surface area contributed by atoms with Gasteiger partial charge in [-0.05, 0) is 33.6 Å². The fourth-order valence-electron chi connectivity index (χ4n) is 1.14. The molecule has 0 unspecified atom stereocenters. The van der Waals surface area contributed by atoms with Crippen molar-refractivity contribution in [3.8, 4) is 0 Å². The quantitative estimate of drug-likeness (QED) is 0.723. The van der Waals surface area contributed by atoms with E-state index in [9.17, 15) is 4.79 Å². The first kappa shape index (κ1) is 14.8. The van der Waals surface area contributed by atoms with Gasteiger partial charge in [-0.15, -0.1) is 0 Å². The highest BCUT2D eigenvalue weighted by Crippen LogP contribution is 2.04. The van der Waals surface area contributed by atoms with Crippen LogP contribution in [0.4, 0.5) is 0 Å². The van der Waals surface area contributed by atoms with E-state index in [1.807, 2.05) is 13.2 Å². The van der Waals surface area contributed by atoms with Crippen molar-refractivity contribution in [1.82, 2.24) is 10.2 Å². The molecule has 0 aliphatic heterocycles. The number of hydrogen-bond donors (Lipinski definition) is 1. The summed E-state index contributed by atoms with van der Waals surface area (Å²) in [6, 6.07) is 0.583. The van der Waals surface area contributed by atoms with Crippen molar-refractivity contribution in [2.24, 2.45) is 0 Å². The van der Waals surface area contributed by atoms with Gasteiger partial charge >= 0.3 is 0 Å². The van der Waals surface area contributed by atoms with Gasteiger partial charge in [0.25, 0.3) is 0 Å². The molecule has 0 saturated carbocycles. The molecular formula is C11H24N2OS. The molecular weight excluding hydrogens is 208 g/mol. The summed E-state index contributed by atoms with van der Waals surface area (Å²) in [6.45, 7) is 7.96. The van der Waals surface area contributed by atoms with Crippen LogP contribution in [0.25, 0.3) is 0 Å². The lowest BCUT2D eigenvalue weighted by atomic mass is 10.2. The Labute approximate surface area is 98.0 Å². The van der Waals surface area contributed by atoms with E-state index < -0.39 is 0 Å². The molecule has 0 bridgehead atoms. The summed E-state index contributed by atoms with van der Waals surface area (Å²) in [5.41, 5.74) is 0. The maximum atomic E-state index is 11.4. The van der Waals surface area contributed by atoms with Gasteiger partial charge in [0.15, 0.2) is 0 Å². The number of amides is 1. The van der Waals surface area contributed by atoms with E-state index in [4.69, 9.17) is 0 Å². The molecule has 0 radical (unpaired) electrons. The first-order chi connectivity index (χ1) is 7.02. The Morgan fingerprint density at radius 1 is 1.47 bits per heavy atom. The second kappa shape index (κ2) is 7.99. The van der Waals surface area contributed by atoms with Gasteiger partial charge in [0, 0.05) is 19.1 Å². The average molecular weight is 232 g/mol. The second-order valence-electron chi connectivity index (χ2n) is 3.91. The van der Waals surface area contributed by atoms with E-state index in [0.717, 1.165) is 19.5 Å². The maximum Gasteiger partial charge on any atom is 0.232 e. The molecule has 0 aromatic carbocycles. The van der Waals surface area contributed by atoms with E-state index in [1.165, 1.54) is 0 Å². The van der Waals surface area contributed by atoms with Crippen LogP contribution in [0.1, 0.15) is 27.2 Å². The molecule has 0 fully saturated rings. The Bertz CT molecular complexity index is 187. The van der Waals surface area contributed by atoms with Crippen LogP contribution in [0.3, 0.4) is 0 Å². The molecule has 0 heterocycles. The SMILES string of the molecule is CC[C@@H](C)N(C)CCNC(=O)[C@@H](C)SC. The van der Waals surface area contributed by atoms with E-state index in [-0.39, 0.29) is 11.2 Å². The highest BCUT2D eigenvalue weighted by Gasteiger charge is 2.11. The van der Waals surface area contributed by atoms with Crippen molar-refractivity contribution >= 4 is 17.7 Å². The first-order valence-electron chi connectivity index (χ1n) is 5.53. The van der Waals surface area contributed by atoms with Crippen LogP contribution >= 0.6 is 11.8 Å². The fraction of sp³-hybridized carbons (Fsp3) is 0.909. The molecule has 0 saturated heterocycles. The highest BCUT2D eigenvalue weighted by molar-refractivity contribution is 7.99. The molecule has 4 heteroatoms. The Morgan fingerprint density at radius 2 is 2.07 bits per heavy atom. The minimum Gasteiger partial charge on any atom is -0.354 e. The van der Waals surface area contributed by atoms with E-state index >= 15 is 0 Å². The van der Waals surface area contributed by atoms with E-state index in [0.29, 0.717) is 6.04 Å². The van der Waals surface area contributed by atoms with Crippen LogP contribution in [0.15, 0.2) is 0 Å². The minimum atomic E-state index is 0.0545. The number of carbonyl (C=O) groups excluding carboxylic acids is 1. The molecule has 0 aromatic rings.